The Labute approximate surface area is 163 Å². The molecule has 0 atom stereocenters. The molecule has 2 aliphatic heterocycles. The molecule has 5 nitrogen and oxygen atoms in total. The van der Waals surface area contributed by atoms with E-state index in [4.69, 9.17) is 4.99 Å². The molecule has 148 valence electrons. The molecule has 27 heavy (non-hydrogen) atoms. The van der Waals surface area contributed by atoms with Gasteiger partial charge in [0.05, 0.1) is 6.54 Å². The highest BCUT2D eigenvalue weighted by Crippen LogP contribution is 2.46. The van der Waals surface area contributed by atoms with E-state index in [9.17, 15) is 4.79 Å². The Morgan fingerprint density at radius 3 is 2.33 bits per heavy atom. The molecule has 3 rings (SSSR count). The van der Waals surface area contributed by atoms with Gasteiger partial charge in [-0.3, -0.25) is 4.79 Å². The quantitative estimate of drug-likeness (QED) is 0.638. The molecule has 5 heteroatoms. The third kappa shape index (κ3) is 3.97. The normalized spacial score (nSPS) is 21.4. The van der Waals surface area contributed by atoms with Crippen molar-refractivity contribution in [2.75, 3.05) is 19.6 Å². The van der Waals surface area contributed by atoms with Crippen molar-refractivity contribution in [3.63, 3.8) is 0 Å². The first-order chi connectivity index (χ1) is 12.7. The number of likely N-dealkylation sites (tertiary alicyclic amines) is 2. The number of carbonyl (C=O) groups is 1. The van der Waals surface area contributed by atoms with Crippen LogP contribution in [0, 0.1) is 5.41 Å². The second kappa shape index (κ2) is 7.53. The van der Waals surface area contributed by atoms with E-state index < -0.39 is 0 Å². The zero-order chi connectivity index (χ0) is 19.7. The smallest absolute Gasteiger partial charge is 0.222 e. The van der Waals surface area contributed by atoms with Gasteiger partial charge < -0.3 is 15.1 Å². The number of amides is 1. The van der Waals surface area contributed by atoms with Crippen molar-refractivity contribution in [3.8, 4) is 0 Å². The van der Waals surface area contributed by atoms with E-state index in [1.54, 1.807) is 0 Å². The number of nitrogens with zero attached hydrogens (tertiary/aromatic N) is 3. The Balaban J connectivity index is 1.63. The summed E-state index contributed by atoms with van der Waals surface area (Å²) < 4.78 is 0. The summed E-state index contributed by atoms with van der Waals surface area (Å²) in [6, 6.07) is 8.52. The van der Waals surface area contributed by atoms with Gasteiger partial charge in [0.2, 0.25) is 5.91 Å². The molecular formula is C22H34N4O. The summed E-state index contributed by atoms with van der Waals surface area (Å²) in [6.45, 7) is 15.5. The first-order valence-electron chi connectivity index (χ1n) is 10.2. The van der Waals surface area contributed by atoms with Gasteiger partial charge in [0.25, 0.3) is 0 Å². The predicted octanol–water partition coefficient (Wildman–Crippen LogP) is 3.39. The summed E-state index contributed by atoms with van der Waals surface area (Å²) in [5, 5.41) is 3.44. The fraction of sp³-hybridized carbons (Fsp3) is 0.636. The lowest BCUT2D eigenvalue weighted by Gasteiger charge is -2.62. The van der Waals surface area contributed by atoms with Gasteiger partial charge in [-0.1, -0.05) is 38.1 Å². The molecule has 0 spiro atoms. The SMILES string of the molecule is CCNC(=NCc1ccc(CN2CCCC2=O)cc1)N1CC(C)(C)C1(C)C. The molecule has 0 unspecified atom stereocenters. The van der Waals surface area contributed by atoms with Crippen LogP contribution in [0.1, 0.15) is 58.6 Å². The number of benzene rings is 1. The van der Waals surface area contributed by atoms with Crippen molar-refractivity contribution >= 4 is 11.9 Å². The Bertz CT molecular complexity index is 706. The van der Waals surface area contributed by atoms with E-state index in [0.717, 1.165) is 38.6 Å². The van der Waals surface area contributed by atoms with Crippen molar-refractivity contribution < 1.29 is 4.79 Å². The molecule has 2 saturated heterocycles. The van der Waals surface area contributed by atoms with Crippen LogP contribution in [0.3, 0.4) is 0 Å². The minimum atomic E-state index is 0.0973. The van der Waals surface area contributed by atoms with Gasteiger partial charge in [0, 0.05) is 43.6 Å². The van der Waals surface area contributed by atoms with E-state index in [2.05, 4.69) is 69.1 Å². The van der Waals surface area contributed by atoms with E-state index in [0.29, 0.717) is 13.0 Å². The molecule has 0 aromatic heterocycles. The summed E-state index contributed by atoms with van der Waals surface area (Å²) in [5.41, 5.74) is 2.77. The van der Waals surface area contributed by atoms with E-state index in [1.807, 2.05) is 4.90 Å². The van der Waals surface area contributed by atoms with Gasteiger partial charge in [0.1, 0.15) is 0 Å². The molecule has 0 aliphatic carbocycles. The molecule has 1 N–H and O–H groups in total. The van der Waals surface area contributed by atoms with Crippen LogP contribution in [-0.2, 0) is 17.9 Å². The molecule has 0 radical (unpaired) electrons. The summed E-state index contributed by atoms with van der Waals surface area (Å²) in [4.78, 5) is 21.0. The monoisotopic (exact) mass is 370 g/mol. The average Bonchev–Trinajstić information content (AvgIpc) is 3.03. The van der Waals surface area contributed by atoms with Gasteiger partial charge in [-0.05, 0) is 38.3 Å². The fourth-order valence-corrected chi connectivity index (χ4v) is 3.80. The lowest BCUT2D eigenvalue weighted by Crippen LogP contribution is -2.72. The van der Waals surface area contributed by atoms with Gasteiger partial charge in [0.15, 0.2) is 5.96 Å². The molecule has 1 amide bonds. The lowest BCUT2D eigenvalue weighted by molar-refractivity contribution is -0.128. The Kier molecular flexibility index (Phi) is 5.50. The molecule has 2 fully saturated rings. The van der Waals surface area contributed by atoms with Gasteiger partial charge in [-0.15, -0.1) is 0 Å². The molecule has 0 bridgehead atoms. The average molecular weight is 371 g/mol. The second-order valence-electron chi connectivity index (χ2n) is 8.93. The van der Waals surface area contributed by atoms with Gasteiger partial charge in [-0.2, -0.15) is 0 Å². The first kappa shape index (κ1) is 19.7. The first-order valence-corrected chi connectivity index (χ1v) is 10.2. The standard InChI is InChI=1S/C22H34N4O/c1-6-23-20(26-16-21(2,3)22(26,4)5)24-14-17-9-11-18(12-10-17)15-25-13-7-8-19(25)27/h9-12H,6-8,13-16H2,1-5H3,(H,23,24). The zero-order valence-corrected chi connectivity index (χ0v) is 17.5. The third-order valence-corrected chi connectivity index (χ3v) is 6.45. The highest BCUT2D eigenvalue weighted by atomic mass is 16.2. The number of aliphatic imine (C=N–C) groups is 1. The maximum Gasteiger partial charge on any atom is 0.222 e. The van der Waals surface area contributed by atoms with Gasteiger partial charge in [-0.25, -0.2) is 4.99 Å². The largest absolute Gasteiger partial charge is 0.356 e. The molecular weight excluding hydrogens is 336 g/mol. The number of hydrogen-bond donors (Lipinski definition) is 1. The minimum Gasteiger partial charge on any atom is -0.356 e. The molecule has 1 aromatic rings. The van der Waals surface area contributed by atoms with Crippen LogP contribution in [0.15, 0.2) is 29.3 Å². The predicted molar refractivity (Wildman–Crippen MR) is 110 cm³/mol. The maximum atomic E-state index is 11.8. The van der Waals surface area contributed by atoms with E-state index in [1.165, 1.54) is 11.1 Å². The Morgan fingerprint density at radius 2 is 1.81 bits per heavy atom. The highest BCUT2D eigenvalue weighted by molar-refractivity contribution is 5.82. The lowest BCUT2D eigenvalue weighted by atomic mass is 9.65. The van der Waals surface area contributed by atoms with Crippen molar-refractivity contribution in [2.45, 2.75) is 66.1 Å². The zero-order valence-electron chi connectivity index (χ0n) is 17.5. The Hall–Kier alpha value is -2.04. The van der Waals surface area contributed by atoms with Crippen molar-refractivity contribution in [1.29, 1.82) is 0 Å². The van der Waals surface area contributed by atoms with E-state index in [-0.39, 0.29) is 16.9 Å². The van der Waals surface area contributed by atoms with Crippen molar-refractivity contribution in [1.82, 2.24) is 15.1 Å². The van der Waals surface area contributed by atoms with E-state index >= 15 is 0 Å². The number of nitrogens with one attached hydrogen (secondary N) is 1. The van der Waals surface area contributed by atoms with Crippen molar-refractivity contribution in [3.05, 3.63) is 35.4 Å². The number of carbonyl (C=O) groups excluding carboxylic acids is 1. The summed E-state index contributed by atoms with van der Waals surface area (Å²) in [5.74, 6) is 1.27. The third-order valence-electron chi connectivity index (χ3n) is 6.45. The molecule has 2 heterocycles. The second-order valence-corrected chi connectivity index (χ2v) is 8.93. The number of rotatable bonds is 5. The molecule has 2 aliphatic rings. The van der Waals surface area contributed by atoms with Crippen LogP contribution < -0.4 is 5.32 Å². The van der Waals surface area contributed by atoms with Crippen LogP contribution in [0.5, 0.6) is 0 Å². The number of hydrogen-bond acceptors (Lipinski definition) is 2. The summed E-state index contributed by atoms with van der Waals surface area (Å²) >= 11 is 0. The van der Waals surface area contributed by atoms with Crippen LogP contribution >= 0.6 is 0 Å². The molecule has 1 aromatic carbocycles. The van der Waals surface area contributed by atoms with Crippen molar-refractivity contribution in [2.24, 2.45) is 10.4 Å². The highest BCUT2D eigenvalue weighted by Gasteiger charge is 2.53. The van der Waals surface area contributed by atoms with Crippen LogP contribution in [0.2, 0.25) is 0 Å². The topological polar surface area (TPSA) is 47.9 Å². The fourth-order valence-electron chi connectivity index (χ4n) is 3.80. The van der Waals surface area contributed by atoms with Crippen LogP contribution in [-0.4, -0.2) is 46.8 Å². The number of guanidine groups is 1. The Morgan fingerprint density at radius 1 is 1.15 bits per heavy atom. The minimum absolute atomic E-state index is 0.0973. The maximum absolute atomic E-state index is 11.8. The summed E-state index contributed by atoms with van der Waals surface area (Å²) in [6.07, 6.45) is 1.69. The van der Waals surface area contributed by atoms with Gasteiger partial charge >= 0.3 is 0 Å². The van der Waals surface area contributed by atoms with Crippen LogP contribution in [0.25, 0.3) is 0 Å². The summed E-state index contributed by atoms with van der Waals surface area (Å²) in [7, 11) is 0. The molecule has 0 saturated carbocycles. The van der Waals surface area contributed by atoms with Crippen LogP contribution in [0.4, 0.5) is 0 Å².